The number of rotatable bonds is 8. The smallest absolute Gasteiger partial charge is 0.252 e. The first-order valence-corrected chi connectivity index (χ1v) is 7.09. The zero-order valence-electron chi connectivity index (χ0n) is 11.9. The molecule has 4 N–H and O–H groups in total. The van der Waals surface area contributed by atoms with Gasteiger partial charge in [0.25, 0.3) is 5.91 Å². The van der Waals surface area contributed by atoms with Gasteiger partial charge in [-0.1, -0.05) is 19.1 Å². The number of hydrogen-bond donors (Lipinski definition) is 2. The second-order valence-corrected chi connectivity index (χ2v) is 4.77. The maximum Gasteiger partial charge on any atom is 0.252 e. The molecule has 0 fully saturated rings. The second-order valence-electron chi connectivity index (χ2n) is 4.46. The maximum absolute atomic E-state index is 11.4. The number of amides is 1. The van der Waals surface area contributed by atoms with Gasteiger partial charge in [0.1, 0.15) is 5.75 Å². The largest absolute Gasteiger partial charge is 0.496 e. The van der Waals surface area contributed by atoms with Gasteiger partial charge in [-0.15, -0.1) is 11.6 Å². The summed E-state index contributed by atoms with van der Waals surface area (Å²) < 4.78 is 5.31. The maximum atomic E-state index is 11.4. The fraction of sp³-hybridized carbons (Fsp3) is 0.500. The number of likely N-dealkylation sites (N-methyl/N-ethyl adjacent to an activating group) is 1. The predicted octanol–water partition coefficient (Wildman–Crippen LogP) is 1.18. The van der Waals surface area contributed by atoms with Gasteiger partial charge in [0.05, 0.1) is 24.7 Å². The minimum Gasteiger partial charge on any atom is -0.496 e. The van der Waals surface area contributed by atoms with Crippen molar-refractivity contribution in [3.63, 3.8) is 0 Å². The minimum absolute atomic E-state index is 0.174. The molecule has 0 saturated carbocycles. The molecule has 0 aliphatic carbocycles. The Morgan fingerprint density at radius 1 is 1.50 bits per heavy atom. The van der Waals surface area contributed by atoms with Crippen LogP contribution < -0.4 is 16.2 Å². The van der Waals surface area contributed by atoms with Crippen molar-refractivity contribution >= 4 is 17.5 Å². The van der Waals surface area contributed by atoms with E-state index in [9.17, 15) is 4.79 Å². The van der Waals surface area contributed by atoms with E-state index >= 15 is 0 Å². The quantitative estimate of drug-likeness (QED) is 0.558. The van der Waals surface area contributed by atoms with E-state index in [2.05, 4.69) is 4.90 Å². The van der Waals surface area contributed by atoms with Crippen molar-refractivity contribution in [1.29, 1.82) is 0 Å². The SMILES string of the molecule is CCN(CCc1cccc(C(N)=O)c1OC)C(N)CCl. The van der Waals surface area contributed by atoms with Crippen molar-refractivity contribution in [3.05, 3.63) is 29.3 Å². The number of para-hydroxylation sites is 1. The summed E-state index contributed by atoms with van der Waals surface area (Å²) in [6.07, 6.45) is 0.537. The zero-order valence-corrected chi connectivity index (χ0v) is 12.7. The van der Waals surface area contributed by atoms with Gasteiger partial charge in [-0.25, -0.2) is 0 Å². The standard InChI is InChI=1S/C14H22ClN3O2/c1-3-18(12(16)9-15)8-7-10-5-4-6-11(14(17)19)13(10)20-2/h4-6,12H,3,7-9,16H2,1-2H3,(H2,17,19). The molecule has 1 aromatic rings. The first-order chi connectivity index (χ1) is 9.54. The average Bonchev–Trinajstić information content (AvgIpc) is 2.46. The number of nitrogens with two attached hydrogens (primary N) is 2. The first kappa shape index (κ1) is 16.8. The summed E-state index contributed by atoms with van der Waals surface area (Å²) in [6, 6.07) is 5.38. The van der Waals surface area contributed by atoms with Gasteiger partial charge in [-0.2, -0.15) is 0 Å². The van der Waals surface area contributed by atoms with Gasteiger partial charge < -0.3 is 16.2 Å². The number of alkyl halides is 1. The van der Waals surface area contributed by atoms with Crippen LogP contribution in [0, 0.1) is 0 Å². The van der Waals surface area contributed by atoms with Crippen LogP contribution in [0.2, 0.25) is 0 Å². The molecule has 0 aliphatic heterocycles. The molecule has 0 saturated heterocycles. The molecule has 112 valence electrons. The number of carbonyl (C=O) groups excluding carboxylic acids is 1. The molecular formula is C14H22ClN3O2. The lowest BCUT2D eigenvalue weighted by Crippen LogP contribution is -2.44. The number of carbonyl (C=O) groups is 1. The van der Waals surface area contributed by atoms with Crippen LogP contribution in [-0.4, -0.2) is 43.1 Å². The Morgan fingerprint density at radius 3 is 2.70 bits per heavy atom. The lowest BCUT2D eigenvalue weighted by Gasteiger charge is -2.26. The van der Waals surface area contributed by atoms with E-state index in [1.54, 1.807) is 12.1 Å². The number of nitrogens with zero attached hydrogens (tertiary/aromatic N) is 1. The molecule has 0 radical (unpaired) electrons. The molecule has 1 aromatic carbocycles. The van der Waals surface area contributed by atoms with E-state index in [0.29, 0.717) is 23.6 Å². The molecule has 1 amide bonds. The summed E-state index contributed by atoms with van der Waals surface area (Å²) >= 11 is 5.78. The normalized spacial score (nSPS) is 12.4. The van der Waals surface area contributed by atoms with Gasteiger partial charge in [0, 0.05) is 6.54 Å². The average molecular weight is 300 g/mol. The Balaban J connectivity index is 2.87. The molecule has 1 atom stereocenters. The van der Waals surface area contributed by atoms with Crippen LogP contribution in [0.4, 0.5) is 0 Å². The van der Waals surface area contributed by atoms with Crippen LogP contribution in [0.3, 0.4) is 0 Å². The fourth-order valence-electron chi connectivity index (χ4n) is 2.14. The molecule has 0 aliphatic rings. The van der Waals surface area contributed by atoms with Crippen LogP contribution in [0.15, 0.2) is 18.2 Å². The third-order valence-electron chi connectivity index (χ3n) is 3.27. The highest BCUT2D eigenvalue weighted by molar-refractivity contribution is 6.18. The van der Waals surface area contributed by atoms with E-state index < -0.39 is 5.91 Å². The van der Waals surface area contributed by atoms with Crippen molar-refractivity contribution in [2.75, 3.05) is 26.1 Å². The lowest BCUT2D eigenvalue weighted by molar-refractivity contribution is 0.0997. The van der Waals surface area contributed by atoms with Gasteiger partial charge >= 0.3 is 0 Å². The van der Waals surface area contributed by atoms with Gasteiger partial charge in [0.15, 0.2) is 0 Å². The van der Waals surface area contributed by atoms with Crippen molar-refractivity contribution in [2.24, 2.45) is 11.5 Å². The monoisotopic (exact) mass is 299 g/mol. The predicted molar refractivity (Wildman–Crippen MR) is 81.2 cm³/mol. The van der Waals surface area contributed by atoms with Crippen molar-refractivity contribution < 1.29 is 9.53 Å². The number of methoxy groups -OCH3 is 1. The van der Waals surface area contributed by atoms with Crippen molar-refractivity contribution in [2.45, 2.75) is 19.5 Å². The van der Waals surface area contributed by atoms with Crippen LogP contribution in [0.25, 0.3) is 0 Å². The van der Waals surface area contributed by atoms with Crippen LogP contribution in [0.5, 0.6) is 5.75 Å². The fourth-order valence-corrected chi connectivity index (χ4v) is 2.33. The Morgan fingerprint density at radius 2 is 2.20 bits per heavy atom. The Hall–Kier alpha value is -1.30. The van der Waals surface area contributed by atoms with Crippen molar-refractivity contribution in [1.82, 2.24) is 4.90 Å². The molecule has 0 spiro atoms. The lowest BCUT2D eigenvalue weighted by atomic mass is 10.1. The topological polar surface area (TPSA) is 81.6 Å². The summed E-state index contributed by atoms with van der Waals surface area (Å²) in [7, 11) is 1.54. The molecule has 0 aromatic heterocycles. The van der Waals surface area contributed by atoms with Gasteiger partial charge in [0.2, 0.25) is 0 Å². The van der Waals surface area contributed by atoms with Crippen LogP contribution in [0.1, 0.15) is 22.8 Å². The van der Waals surface area contributed by atoms with E-state index in [-0.39, 0.29) is 6.17 Å². The Kier molecular flexibility index (Phi) is 6.78. The molecule has 1 unspecified atom stereocenters. The van der Waals surface area contributed by atoms with E-state index in [1.807, 2.05) is 13.0 Å². The summed E-state index contributed by atoms with van der Waals surface area (Å²) in [6.45, 7) is 3.58. The molecule has 0 heterocycles. The minimum atomic E-state index is -0.492. The third-order valence-corrected chi connectivity index (χ3v) is 3.58. The number of benzene rings is 1. The second kappa shape index (κ2) is 8.09. The summed E-state index contributed by atoms with van der Waals surface area (Å²) in [4.78, 5) is 13.4. The van der Waals surface area contributed by atoms with Gasteiger partial charge in [-0.05, 0) is 24.6 Å². The molecule has 20 heavy (non-hydrogen) atoms. The Bertz CT molecular complexity index is 454. The molecule has 0 bridgehead atoms. The summed E-state index contributed by atoms with van der Waals surface area (Å²) in [5, 5.41) is 0. The molecule has 6 heteroatoms. The molecular weight excluding hydrogens is 278 g/mol. The Labute approximate surface area is 124 Å². The highest BCUT2D eigenvalue weighted by atomic mass is 35.5. The van der Waals surface area contributed by atoms with E-state index in [0.717, 1.165) is 18.7 Å². The summed E-state index contributed by atoms with van der Waals surface area (Å²) in [5.41, 5.74) is 12.6. The number of ether oxygens (including phenoxy) is 1. The highest BCUT2D eigenvalue weighted by Gasteiger charge is 2.15. The number of hydrogen-bond acceptors (Lipinski definition) is 4. The zero-order chi connectivity index (χ0) is 15.1. The molecule has 5 nitrogen and oxygen atoms in total. The highest BCUT2D eigenvalue weighted by Crippen LogP contribution is 2.24. The van der Waals surface area contributed by atoms with Crippen molar-refractivity contribution in [3.8, 4) is 5.75 Å². The molecule has 1 rings (SSSR count). The number of primary amides is 1. The van der Waals surface area contributed by atoms with Crippen LogP contribution in [-0.2, 0) is 6.42 Å². The third kappa shape index (κ3) is 4.10. The first-order valence-electron chi connectivity index (χ1n) is 6.56. The van der Waals surface area contributed by atoms with E-state index in [1.165, 1.54) is 7.11 Å². The van der Waals surface area contributed by atoms with Gasteiger partial charge in [-0.3, -0.25) is 9.69 Å². The number of halogens is 1. The van der Waals surface area contributed by atoms with E-state index in [4.69, 9.17) is 27.8 Å². The van der Waals surface area contributed by atoms with Crippen LogP contribution >= 0.6 is 11.6 Å². The summed E-state index contributed by atoms with van der Waals surface area (Å²) in [5.74, 6) is 0.427.